The second-order valence-electron chi connectivity index (χ2n) is 5.90. The molecule has 26 heavy (non-hydrogen) atoms. The number of thioether (sulfide) groups is 1. The zero-order chi connectivity index (χ0) is 18.1. The Hall–Kier alpha value is -2.97. The van der Waals surface area contributed by atoms with E-state index < -0.39 is 0 Å². The molecule has 0 radical (unpaired) electrons. The maximum atomic E-state index is 9.83. The van der Waals surface area contributed by atoms with Gasteiger partial charge in [-0.25, -0.2) is 4.98 Å². The zero-order valence-corrected chi connectivity index (χ0v) is 15.4. The second-order valence-corrected chi connectivity index (χ2v) is 6.94. The standard InChI is InChI=1S/C21H17N3OS/c1-3-25-15-9-11-19-20(12-15)26-21(24(19)2)16(13-22)18-10-8-14-6-4-5-7-17(14)23-18/h4-12H,3H2,1-2H3/b21-16-. The average molecular weight is 359 g/mol. The molecule has 0 fully saturated rings. The molecule has 2 aromatic carbocycles. The van der Waals surface area contributed by atoms with Gasteiger partial charge in [-0.05, 0) is 37.3 Å². The molecule has 0 N–H and O–H groups in total. The van der Waals surface area contributed by atoms with Gasteiger partial charge in [0.2, 0.25) is 0 Å². The topological polar surface area (TPSA) is 49.1 Å². The maximum absolute atomic E-state index is 9.83. The minimum Gasteiger partial charge on any atom is -0.494 e. The molecule has 4 nitrogen and oxygen atoms in total. The first-order chi connectivity index (χ1) is 12.7. The van der Waals surface area contributed by atoms with E-state index >= 15 is 0 Å². The Balaban J connectivity index is 1.79. The number of aromatic nitrogens is 1. The van der Waals surface area contributed by atoms with E-state index in [1.54, 1.807) is 11.8 Å². The third-order valence-electron chi connectivity index (χ3n) is 4.30. The van der Waals surface area contributed by atoms with E-state index in [0.717, 1.165) is 32.3 Å². The average Bonchev–Trinajstić information content (AvgIpc) is 2.98. The number of pyridine rings is 1. The second kappa shape index (κ2) is 6.74. The summed E-state index contributed by atoms with van der Waals surface area (Å²) in [5.41, 5.74) is 3.23. The molecule has 128 valence electrons. The number of benzene rings is 2. The lowest BCUT2D eigenvalue weighted by Gasteiger charge is -2.15. The normalized spacial score (nSPS) is 14.9. The van der Waals surface area contributed by atoms with Crippen LogP contribution in [0.2, 0.25) is 0 Å². The molecule has 0 saturated heterocycles. The quantitative estimate of drug-likeness (QED) is 0.611. The molecule has 0 atom stereocenters. The van der Waals surface area contributed by atoms with Crippen molar-refractivity contribution in [3.8, 4) is 11.8 Å². The van der Waals surface area contributed by atoms with Crippen LogP contribution in [0.3, 0.4) is 0 Å². The van der Waals surface area contributed by atoms with Crippen molar-refractivity contribution in [2.45, 2.75) is 11.8 Å². The van der Waals surface area contributed by atoms with Gasteiger partial charge >= 0.3 is 0 Å². The number of nitriles is 1. The van der Waals surface area contributed by atoms with E-state index in [0.29, 0.717) is 17.9 Å². The number of para-hydroxylation sites is 1. The summed E-state index contributed by atoms with van der Waals surface area (Å²) in [6.07, 6.45) is 0. The van der Waals surface area contributed by atoms with Crippen LogP contribution in [0.5, 0.6) is 5.75 Å². The molecule has 0 unspecified atom stereocenters. The number of rotatable bonds is 3. The Morgan fingerprint density at radius 2 is 2.04 bits per heavy atom. The highest BCUT2D eigenvalue weighted by Crippen LogP contribution is 2.48. The van der Waals surface area contributed by atoms with E-state index in [2.05, 4.69) is 6.07 Å². The summed E-state index contributed by atoms with van der Waals surface area (Å²) in [7, 11) is 1.98. The molecule has 0 saturated carbocycles. The summed E-state index contributed by atoms with van der Waals surface area (Å²) < 4.78 is 5.60. The summed E-state index contributed by atoms with van der Waals surface area (Å²) in [6, 6.07) is 20.2. The van der Waals surface area contributed by atoms with Gasteiger partial charge in [0.15, 0.2) is 0 Å². The maximum Gasteiger partial charge on any atom is 0.120 e. The minimum absolute atomic E-state index is 0.581. The SMILES string of the molecule is CCOc1ccc2c(c1)S/C(=C(/C#N)c1ccc3ccccc3n1)N2C. The van der Waals surface area contributed by atoms with Crippen molar-refractivity contribution in [1.82, 2.24) is 4.98 Å². The van der Waals surface area contributed by atoms with Crippen LogP contribution in [-0.4, -0.2) is 18.6 Å². The third kappa shape index (κ3) is 2.79. The molecule has 0 amide bonds. The Morgan fingerprint density at radius 3 is 2.85 bits per heavy atom. The van der Waals surface area contributed by atoms with E-state index in [1.807, 2.05) is 73.5 Å². The van der Waals surface area contributed by atoms with Gasteiger partial charge in [0.05, 0.1) is 23.5 Å². The molecule has 1 aromatic heterocycles. The summed E-state index contributed by atoms with van der Waals surface area (Å²) in [5, 5.41) is 11.8. The van der Waals surface area contributed by atoms with E-state index in [4.69, 9.17) is 9.72 Å². The number of hydrogen-bond donors (Lipinski definition) is 0. The summed E-state index contributed by atoms with van der Waals surface area (Å²) >= 11 is 1.58. The van der Waals surface area contributed by atoms with Crippen LogP contribution in [0.25, 0.3) is 16.5 Å². The fourth-order valence-corrected chi connectivity index (χ4v) is 4.21. The largest absolute Gasteiger partial charge is 0.494 e. The van der Waals surface area contributed by atoms with Crippen molar-refractivity contribution in [3.05, 3.63) is 65.3 Å². The highest BCUT2D eigenvalue weighted by molar-refractivity contribution is 8.04. The van der Waals surface area contributed by atoms with Crippen molar-refractivity contribution in [1.29, 1.82) is 5.26 Å². The van der Waals surface area contributed by atoms with Crippen LogP contribution >= 0.6 is 11.8 Å². The predicted octanol–water partition coefficient (Wildman–Crippen LogP) is 5.07. The first-order valence-electron chi connectivity index (χ1n) is 8.40. The Kier molecular flexibility index (Phi) is 4.27. The lowest BCUT2D eigenvalue weighted by molar-refractivity contribution is 0.339. The van der Waals surface area contributed by atoms with Crippen molar-refractivity contribution >= 4 is 33.9 Å². The lowest BCUT2D eigenvalue weighted by atomic mass is 10.1. The number of allylic oxidation sites excluding steroid dienone is 1. The highest BCUT2D eigenvalue weighted by Gasteiger charge is 2.27. The fourth-order valence-electron chi connectivity index (χ4n) is 3.03. The highest BCUT2D eigenvalue weighted by atomic mass is 32.2. The number of ether oxygens (including phenoxy) is 1. The first kappa shape index (κ1) is 16.5. The summed E-state index contributed by atoms with van der Waals surface area (Å²) in [5.74, 6) is 0.843. The van der Waals surface area contributed by atoms with Crippen LogP contribution in [0.15, 0.2) is 64.5 Å². The van der Waals surface area contributed by atoms with Gasteiger partial charge in [0, 0.05) is 17.3 Å². The molecular formula is C21H17N3OS. The predicted molar refractivity (Wildman–Crippen MR) is 106 cm³/mol. The van der Waals surface area contributed by atoms with Gasteiger partial charge in [-0.15, -0.1) is 0 Å². The van der Waals surface area contributed by atoms with E-state index in [9.17, 15) is 5.26 Å². The molecule has 0 aliphatic carbocycles. The van der Waals surface area contributed by atoms with Crippen LogP contribution in [0.4, 0.5) is 5.69 Å². The third-order valence-corrected chi connectivity index (χ3v) is 5.51. The van der Waals surface area contributed by atoms with Crippen molar-refractivity contribution in [2.75, 3.05) is 18.6 Å². The number of nitrogens with zero attached hydrogens (tertiary/aromatic N) is 3. The molecule has 0 bridgehead atoms. The minimum atomic E-state index is 0.581. The zero-order valence-electron chi connectivity index (χ0n) is 14.6. The number of hydrogen-bond acceptors (Lipinski definition) is 5. The van der Waals surface area contributed by atoms with Gasteiger partial charge in [-0.3, -0.25) is 0 Å². The number of anilines is 1. The molecule has 2 heterocycles. The monoisotopic (exact) mass is 359 g/mol. The van der Waals surface area contributed by atoms with Gasteiger partial charge in [0.1, 0.15) is 22.4 Å². The van der Waals surface area contributed by atoms with Crippen LogP contribution < -0.4 is 9.64 Å². The van der Waals surface area contributed by atoms with E-state index in [-0.39, 0.29) is 0 Å². The van der Waals surface area contributed by atoms with Crippen molar-refractivity contribution in [2.24, 2.45) is 0 Å². The van der Waals surface area contributed by atoms with Gasteiger partial charge in [-0.1, -0.05) is 36.0 Å². The van der Waals surface area contributed by atoms with Gasteiger partial charge in [-0.2, -0.15) is 5.26 Å². The summed E-state index contributed by atoms with van der Waals surface area (Å²) in [6.45, 7) is 2.60. The molecular weight excluding hydrogens is 342 g/mol. The molecule has 1 aliphatic heterocycles. The smallest absolute Gasteiger partial charge is 0.120 e. The van der Waals surface area contributed by atoms with Crippen LogP contribution in [0, 0.1) is 11.3 Å². The molecule has 3 aromatic rings. The Labute approximate surface area is 156 Å². The Bertz CT molecular complexity index is 1070. The van der Waals surface area contributed by atoms with Crippen LogP contribution in [0.1, 0.15) is 12.6 Å². The first-order valence-corrected chi connectivity index (χ1v) is 9.22. The lowest BCUT2D eigenvalue weighted by Crippen LogP contribution is -2.11. The van der Waals surface area contributed by atoms with Crippen molar-refractivity contribution < 1.29 is 4.74 Å². The summed E-state index contributed by atoms with van der Waals surface area (Å²) in [4.78, 5) is 7.82. The molecule has 4 rings (SSSR count). The molecule has 0 spiro atoms. The fraction of sp³-hybridized carbons (Fsp3) is 0.143. The Morgan fingerprint density at radius 1 is 1.19 bits per heavy atom. The van der Waals surface area contributed by atoms with Crippen molar-refractivity contribution in [3.63, 3.8) is 0 Å². The van der Waals surface area contributed by atoms with Crippen LogP contribution in [-0.2, 0) is 0 Å². The number of fused-ring (bicyclic) bond motifs is 2. The van der Waals surface area contributed by atoms with E-state index in [1.165, 1.54) is 0 Å². The molecule has 5 heteroatoms. The van der Waals surface area contributed by atoms with Gasteiger partial charge < -0.3 is 9.64 Å². The molecule has 1 aliphatic rings. The van der Waals surface area contributed by atoms with Gasteiger partial charge in [0.25, 0.3) is 0 Å².